The molecule has 2 aromatic heterocycles. The quantitative estimate of drug-likeness (QED) is 0.537. The van der Waals surface area contributed by atoms with E-state index in [1.54, 1.807) is 12.4 Å². The highest BCUT2D eigenvalue weighted by Crippen LogP contribution is 2.31. The molecule has 3 rings (SSSR count). The van der Waals surface area contributed by atoms with Crippen LogP contribution in [0.1, 0.15) is 17.5 Å². The van der Waals surface area contributed by atoms with E-state index >= 15 is 0 Å². The van der Waals surface area contributed by atoms with E-state index in [1.165, 1.54) is 23.8 Å². The Labute approximate surface area is 126 Å². The van der Waals surface area contributed by atoms with E-state index in [-0.39, 0.29) is 5.91 Å². The first-order valence-corrected chi connectivity index (χ1v) is 6.63. The van der Waals surface area contributed by atoms with E-state index < -0.39 is 0 Å². The summed E-state index contributed by atoms with van der Waals surface area (Å²) in [5.41, 5.74) is 2.84. The molecule has 108 valence electrons. The Morgan fingerprint density at radius 1 is 1.23 bits per heavy atom. The highest BCUT2D eigenvalue weighted by molar-refractivity contribution is 6.00. The summed E-state index contributed by atoms with van der Waals surface area (Å²) in [5, 5.41) is 0.718. The van der Waals surface area contributed by atoms with Crippen LogP contribution in [0.2, 0.25) is 0 Å². The van der Waals surface area contributed by atoms with Gasteiger partial charge in [0.25, 0.3) is 0 Å². The molecule has 0 bridgehead atoms. The van der Waals surface area contributed by atoms with E-state index in [2.05, 4.69) is 15.0 Å². The molecule has 0 spiro atoms. The second-order valence-electron chi connectivity index (χ2n) is 4.86. The van der Waals surface area contributed by atoms with Crippen molar-refractivity contribution in [3.05, 3.63) is 42.6 Å². The van der Waals surface area contributed by atoms with Crippen molar-refractivity contribution in [3.63, 3.8) is 0 Å². The van der Waals surface area contributed by atoms with Crippen molar-refractivity contribution in [2.75, 3.05) is 0 Å². The monoisotopic (exact) mass is 292 g/mol. The van der Waals surface area contributed by atoms with E-state index in [0.29, 0.717) is 17.0 Å². The molecule has 0 amide bonds. The van der Waals surface area contributed by atoms with Crippen molar-refractivity contribution in [2.45, 2.75) is 13.8 Å². The lowest BCUT2D eigenvalue weighted by atomic mass is 10.1. The van der Waals surface area contributed by atoms with E-state index in [0.717, 1.165) is 16.5 Å². The fraction of sp³-hybridized carbons (Fsp3) is 0.125. The average Bonchev–Trinajstić information content (AvgIpc) is 2.87. The Hall–Kier alpha value is -3.11. The maximum atomic E-state index is 11.8. The molecule has 0 fully saturated rings. The van der Waals surface area contributed by atoms with Crippen molar-refractivity contribution >= 4 is 28.6 Å². The molecule has 0 aliphatic rings. The third-order valence-corrected chi connectivity index (χ3v) is 3.40. The number of rotatable bonds is 2. The van der Waals surface area contributed by atoms with Crippen LogP contribution in [0.3, 0.4) is 0 Å². The Morgan fingerprint density at radius 2 is 1.95 bits per heavy atom. The summed E-state index contributed by atoms with van der Waals surface area (Å²) in [5.74, 6) is 0.536. The first-order valence-electron chi connectivity index (χ1n) is 6.63. The van der Waals surface area contributed by atoms with Crippen molar-refractivity contribution in [3.8, 4) is 11.1 Å². The normalized spacial score (nSPS) is 10.5. The number of carbonyl (C=O) groups is 1. The van der Waals surface area contributed by atoms with Gasteiger partial charge >= 0.3 is 0 Å². The Kier molecular flexibility index (Phi) is 3.37. The molecule has 6 heteroatoms. The van der Waals surface area contributed by atoms with Gasteiger partial charge in [-0.15, -0.1) is 0 Å². The molecule has 0 N–H and O–H groups in total. The van der Waals surface area contributed by atoms with E-state index in [9.17, 15) is 9.59 Å². The van der Waals surface area contributed by atoms with Gasteiger partial charge in [-0.3, -0.25) is 9.36 Å². The summed E-state index contributed by atoms with van der Waals surface area (Å²) in [4.78, 5) is 34.3. The largest absolute Gasteiger partial charge is 0.285 e. The predicted molar refractivity (Wildman–Crippen MR) is 81.8 cm³/mol. The lowest BCUT2D eigenvalue weighted by Gasteiger charge is -2.04. The topological polar surface area (TPSA) is 77.2 Å². The molecule has 0 unspecified atom stereocenters. The maximum Gasteiger partial charge on any atom is 0.240 e. The SMILES string of the molecule is CC(=O)n1cc(N=C=O)c2ccc(-c3cnc(C)nc3)cc21. The number of fused-ring (bicyclic) bond motifs is 1. The molecule has 0 saturated carbocycles. The lowest BCUT2D eigenvalue weighted by molar-refractivity contribution is 0.0941. The molecule has 22 heavy (non-hydrogen) atoms. The summed E-state index contributed by atoms with van der Waals surface area (Å²) in [6, 6.07) is 5.55. The van der Waals surface area contributed by atoms with Crippen LogP contribution in [0.15, 0.2) is 41.8 Å². The fourth-order valence-electron chi connectivity index (χ4n) is 2.33. The Morgan fingerprint density at radius 3 is 2.59 bits per heavy atom. The summed E-state index contributed by atoms with van der Waals surface area (Å²) < 4.78 is 1.46. The highest BCUT2D eigenvalue weighted by atomic mass is 16.1. The molecule has 0 aliphatic carbocycles. The van der Waals surface area contributed by atoms with Crippen molar-refractivity contribution in [2.24, 2.45) is 4.99 Å². The molecule has 3 aromatic rings. The number of nitrogens with zero attached hydrogens (tertiary/aromatic N) is 4. The number of aliphatic imine (C=N–C) groups is 1. The number of isocyanates is 1. The molecule has 0 saturated heterocycles. The van der Waals surface area contributed by atoms with Crippen LogP contribution in [0.4, 0.5) is 5.69 Å². The Balaban J connectivity index is 2.24. The number of hydrogen-bond acceptors (Lipinski definition) is 5. The van der Waals surface area contributed by atoms with Gasteiger partial charge in [-0.1, -0.05) is 6.07 Å². The van der Waals surface area contributed by atoms with Crippen LogP contribution in [0, 0.1) is 6.92 Å². The zero-order valence-electron chi connectivity index (χ0n) is 12.1. The maximum absolute atomic E-state index is 11.8. The summed E-state index contributed by atoms with van der Waals surface area (Å²) in [7, 11) is 0. The number of aryl methyl sites for hydroxylation is 1. The number of carbonyl (C=O) groups excluding carboxylic acids is 2. The summed E-state index contributed by atoms with van der Waals surface area (Å²) in [6.07, 6.45) is 6.51. The second-order valence-corrected chi connectivity index (χ2v) is 4.86. The van der Waals surface area contributed by atoms with Gasteiger partial charge in [0, 0.05) is 36.5 Å². The van der Waals surface area contributed by atoms with Crippen LogP contribution < -0.4 is 0 Å². The third kappa shape index (κ3) is 2.32. The first kappa shape index (κ1) is 13.9. The van der Waals surface area contributed by atoms with Gasteiger partial charge in [-0.25, -0.2) is 14.8 Å². The van der Waals surface area contributed by atoms with Crippen molar-refractivity contribution in [1.29, 1.82) is 0 Å². The summed E-state index contributed by atoms with van der Waals surface area (Å²) >= 11 is 0. The lowest BCUT2D eigenvalue weighted by Crippen LogP contribution is -2.02. The standard InChI is InChI=1S/C16H12N4O2/c1-10-17-6-13(7-18-10)12-3-4-14-15(19-9-21)8-20(11(2)22)16(14)5-12/h3-8H,1-2H3. The van der Waals surface area contributed by atoms with Gasteiger partial charge in [0.2, 0.25) is 12.0 Å². The zero-order valence-corrected chi connectivity index (χ0v) is 12.1. The zero-order chi connectivity index (χ0) is 15.7. The van der Waals surface area contributed by atoms with E-state index in [4.69, 9.17) is 0 Å². The minimum absolute atomic E-state index is 0.158. The average molecular weight is 292 g/mol. The van der Waals surface area contributed by atoms with Crippen molar-refractivity contribution < 1.29 is 9.59 Å². The Bertz CT molecular complexity index is 919. The number of hydrogen-bond donors (Lipinski definition) is 0. The van der Waals surface area contributed by atoms with Crippen LogP contribution in [0.25, 0.3) is 22.0 Å². The third-order valence-electron chi connectivity index (χ3n) is 3.40. The van der Waals surface area contributed by atoms with Gasteiger partial charge in [0.1, 0.15) is 11.5 Å². The van der Waals surface area contributed by atoms with Crippen molar-refractivity contribution in [1.82, 2.24) is 14.5 Å². The number of aromatic nitrogens is 3. The molecule has 0 radical (unpaired) electrons. The van der Waals surface area contributed by atoms with Gasteiger partial charge in [-0.05, 0) is 24.6 Å². The molecule has 2 heterocycles. The van der Waals surface area contributed by atoms with Crippen LogP contribution in [-0.4, -0.2) is 26.5 Å². The van der Waals surface area contributed by atoms with E-state index in [1.807, 2.05) is 25.1 Å². The van der Waals surface area contributed by atoms with Gasteiger partial charge in [-0.2, -0.15) is 4.99 Å². The van der Waals surface area contributed by atoms with Gasteiger partial charge in [0.05, 0.1) is 5.52 Å². The molecule has 1 aromatic carbocycles. The molecule has 0 atom stereocenters. The van der Waals surface area contributed by atoms with Gasteiger partial charge in [0.15, 0.2) is 0 Å². The second kappa shape index (κ2) is 5.35. The molecular weight excluding hydrogens is 280 g/mol. The highest BCUT2D eigenvalue weighted by Gasteiger charge is 2.12. The minimum Gasteiger partial charge on any atom is -0.285 e. The number of benzene rings is 1. The van der Waals surface area contributed by atoms with Crippen LogP contribution in [0.5, 0.6) is 0 Å². The fourth-order valence-corrected chi connectivity index (χ4v) is 2.33. The molecule has 6 nitrogen and oxygen atoms in total. The molecule has 0 aliphatic heterocycles. The van der Waals surface area contributed by atoms with Crippen LogP contribution in [-0.2, 0) is 4.79 Å². The predicted octanol–water partition coefficient (Wildman–Crippen LogP) is 3.03. The summed E-state index contributed by atoms with van der Waals surface area (Å²) in [6.45, 7) is 3.27. The molecular formula is C16H12N4O2. The van der Waals surface area contributed by atoms with Crippen LogP contribution >= 0.6 is 0 Å². The smallest absolute Gasteiger partial charge is 0.240 e. The minimum atomic E-state index is -0.158. The van der Waals surface area contributed by atoms with Gasteiger partial charge < -0.3 is 0 Å². The first-order chi connectivity index (χ1) is 10.6.